The van der Waals surface area contributed by atoms with Crippen LogP contribution in [0.1, 0.15) is 25.7 Å². The van der Waals surface area contributed by atoms with Crippen molar-refractivity contribution in [2.75, 3.05) is 4.90 Å². The molecule has 1 aromatic heterocycles. The monoisotopic (exact) mass is 289 g/mol. The molecule has 0 saturated carbocycles. The first-order valence-corrected chi connectivity index (χ1v) is 7.49. The van der Waals surface area contributed by atoms with Crippen molar-refractivity contribution in [3.8, 4) is 0 Å². The van der Waals surface area contributed by atoms with Crippen LogP contribution in [0.2, 0.25) is 5.28 Å². The quantitative estimate of drug-likeness (QED) is 0.820. The van der Waals surface area contributed by atoms with E-state index in [0.717, 1.165) is 42.4 Å². The molecule has 0 spiro atoms. The molecule has 20 heavy (non-hydrogen) atoms. The summed E-state index contributed by atoms with van der Waals surface area (Å²) in [5.41, 5.74) is 0.882. The number of nitrogens with zero attached hydrogens (tertiary/aromatic N) is 3. The second kappa shape index (κ2) is 4.57. The average Bonchev–Trinajstić information content (AvgIpc) is 2.69. The number of anilines is 1. The van der Waals surface area contributed by atoms with E-state index < -0.39 is 0 Å². The van der Waals surface area contributed by atoms with Crippen LogP contribution < -0.4 is 4.90 Å². The summed E-state index contributed by atoms with van der Waals surface area (Å²) in [5.74, 6) is 0.931. The number of aliphatic hydroxyl groups is 1. The predicted octanol–water partition coefficient (Wildman–Crippen LogP) is 2.78. The van der Waals surface area contributed by atoms with Crippen molar-refractivity contribution in [1.29, 1.82) is 0 Å². The van der Waals surface area contributed by atoms with Gasteiger partial charge in [-0.25, -0.2) is 4.98 Å². The van der Waals surface area contributed by atoms with Crippen LogP contribution in [0.5, 0.6) is 0 Å². The van der Waals surface area contributed by atoms with Crippen LogP contribution in [-0.4, -0.2) is 33.3 Å². The van der Waals surface area contributed by atoms with E-state index in [1.165, 1.54) is 0 Å². The van der Waals surface area contributed by atoms with Crippen molar-refractivity contribution in [2.45, 2.75) is 43.9 Å². The van der Waals surface area contributed by atoms with Gasteiger partial charge in [-0.3, -0.25) is 0 Å². The van der Waals surface area contributed by atoms with Gasteiger partial charge in [-0.05, 0) is 49.4 Å². The highest BCUT2D eigenvalue weighted by Crippen LogP contribution is 2.41. The lowest BCUT2D eigenvalue weighted by Gasteiger charge is -2.38. The van der Waals surface area contributed by atoms with Crippen molar-refractivity contribution < 1.29 is 5.11 Å². The molecule has 1 aromatic carbocycles. The number of rotatable bonds is 1. The van der Waals surface area contributed by atoms with Crippen LogP contribution in [0.3, 0.4) is 0 Å². The van der Waals surface area contributed by atoms with Gasteiger partial charge in [-0.15, -0.1) is 0 Å². The summed E-state index contributed by atoms with van der Waals surface area (Å²) < 4.78 is 0. The van der Waals surface area contributed by atoms with Gasteiger partial charge in [0.25, 0.3) is 0 Å². The first-order valence-electron chi connectivity index (χ1n) is 7.11. The highest BCUT2D eigenvalue weighted by Gasteiger charge is 2.41. The predicted molar refractivity (Wildman–Crippen MR) is 79.1 cm³/mol. The third-order valence-corrected chi connectivity index (χ3v) is 4.68. The van der Waals surface area contributed by atoms with Gasteiger partial charge >= 0.3 is 0 Å². The maximum atomic E-state index is 9.94. The van der Waals surface area contributed by atoms with Gasteiger partial charge in [-0.2, -0.15) is 4.98 Å². The van der Waals surface area contributed by atoms with Crippen LogP contribution in [0.25, 0.3) is 10.9 Å². The van der Waals surface area contributed by atoms with E-state index in [2.05, 4.69) is 14.9 Å². The maximum Gasteiger partial charge on any atom is 0.224 e. The van der Waals surface area contributed by atoms with Gasteiger partial charge in [0.1, 0.15) is 5.82 Å². The third kappa shape index (κ3) is 1.86. The minimum atomic E-state index is -0.174. The molecular formula is C15H16ClN3O. The lowest BCUT2D eigenvalue weighted by atomic mass is 9.99. The third-order valence-electron chi connectivity index (χ3n) is 4.51. The Kier molecular flexibility index (Phi) is 2.82. The molecule has 4 nitrogen and oxygen atoms in total. The largest absolute Gasteiger partial charge is 0.393 e. The number of hydrogen-bond donors (Lipinski definition) is 1. The molecule has 0 radical (unpaired) electrons. The standard InChI is InChI=1S/C15H16ClN3O/c16-15-17-13-4-2-1-3-12(13)14(18-15)19-9-5-6-10(19)8-11(20)7-9/h1-4,9-11,20H,5-8H2. The van der Waals surface area contributed by atoms with E-state index in [1.807, 2.05) is 24.3 Å². The molecule has 2 aliphatic rings. The molecule has 2 aromatic rings. The van der Waals surface area contributed by atoms with Crippen LogP contribution in [-0.2, 0) is 0 Å². The molecule has 5 heteroatoms. The fraction of sp³-hybridized carbons (Fsp3) is 0.467. The van der Waals surface area contributed by atoms with E-state index in [9.17, 15) is 5.11 Å². The van der Waals surface area contributed by atoms with Gasteiger partial charge < -0.3 is 10.0 Å². The smallest absolute Gasteiger partial charge is 0.224 e. The number of aliphatic hydroxyl groups excluding tert-OH is 1. The number of benzene rings is 1. The van der Waals surface area contributed by atoms with Crippen molar-refractivity contribution >= 4 is 28.3 Å². The molecule has 3 heterocycles. The molecule has 1 N–H and O–H groups in total. The SMILES string of the molecule is OC1CC2CCC(C1)N2c1nc(Cl)nc2ccccc12. The molecule has 2 fully saturated rings. The summed E-state index contributed by atoms with van der Waals surface area (Å²) in [7, 11) is 0. The Morgan fingerprint density at radius 1 is 1.10 bits per heavy atom. The molecule has 2 saturated heterocycles. The molecule has 2 atom stereocenters. The van der Waals surface area contributed by atoms with E-state index in [1.54, 1.807) is 0 Å². The average molecular weight is 290 g/mol. The highest BCUT2D eigenvalue weighted by molar-refractivity contribution is 6.28. The van der Waals surface area contributed by atoms with Crippen molar-refractivity contribution in [3.05, 3.63) is 29.5 Å². The number of piperidine rings is 1. The van der Waals surface area contributed by atoms with Crippen LogP contribution in [0.15, 0.2) is 24.3 Å². The van der Waals surface area contributed by atoms with E-state index in [4.69, 9.17) is 11.6 Å². The molecule has 0 aliphatic carbocycles. The van der Waals surface area contributed by atoms with E-state index in [-0.39, 0.29) is 6.10 Å². The Bertz CT molecular complexity index is 649. The summed E-state index contributed by atoms with van der Waals surface area (Å²) in [4.78, 5) is 11.1. The van der Waals surface area contributed by atoms with Crippen LogP contribution >= 0.6 is 11.6 Å². The lowest BCUT2D eigenvalue weighted by Crippen LogP contribution is -2.45. The number of aromatic nitrogens is 2. The van der Waals surface area contributed by atoms with E-state index in [0.29, 0.717) is 17.4 Å². The van der Waals surface area contributed by atoms with Gasteiger partial charge in [0.05, 0.1) is 11.6 Å². The van der Waals surface area contributed by atoms with Crippen molar-refractivity contribution in [2.24, 2.45) is 0 Å². The highest BCUT2D eigenvalue weighted by atomic mass is 35.5. The van der Waals surface area contributed by atoms with Crippen molar-refractivity contribution in [1.82, 2.24) is 9.97 Å². The first kappa shape index (κ1) is 12.4. The van der Waals surface area contributed by atoms with Gasteiger partial charge in [0.2, 0.25) is 5.28 Å². The second-order valence-electron chi connectivity index (χ2n) is 5.75. The zero-order valence-electron chi connectivity index (χ0n) is 11.0. The fourth-order valence-electron chi connectivity index (χ4n) is 3.72. The summed E-state index contributed by atoms with van der Waals surface area (Å²) in [6.45, 7) is 0. The fourth-order valence-corrected chi connectivity index (χ4v) is 3.89. The Balaban J connectivity index is 1.86. The molecule has 4 rings (SSSR count). The topological polar surface area (TPSA) is 49.2 Å². The summed E-state index contributed by atoms with van der Waals surface area (Å²) in [5, 5.41) is 11.3. The Morgan fingerprint density at radius 2 is 1.80 bits per heavy atom. The molecule has 2 unspecified atom stereocenters. The van der Waals surface area contributed by atoms with Gasteiger partial charge in [0, 0.05) is 17.5 Å². The number of para-hydroxylation sites is 1. The summed E-state index contributed by atoms with van der Waals surface area (Å²) in [6.07, 6.45) is 3.72. The zero-order chi connectivity index (χ0) is 13.7. The first-order chi connectivity index (χ1) is 9.72. The Morgan fingerprint density at radius 3 is 2.55 bits per heavy atom. The molecule has 2 aliphatic heterocycles. The summed E-state index contributed by atoms with van der Waals surface area (Å²) >= 11 is 6.09. The van der Waals surface area contributed by atoms with Crippen LogP contribution in [0, 0.1) is 0 Å². The van der Waals surface area contributed by atoms with Crippen LogP contribution in [0.4, 0.5) is 5.82 Å². The van der Waals surface area contributed by atoms with Gasteiger partial charge in [-0.1, -0.05) is 12.1 Å². The zero-order valence-corrected chi connectivity index (χ0v) is 11.8. The Hall–Kier alpha value is -1.39. The maximum absolute atomic E-state index is 9.94. The molecular weight excluding hydrogens is 274 g/mol. The second-order valence-corrected chi connectivity index (χ2v) is 6.09. The summed E-state index contributed by atoms with van der Waals surface area (Å²) in [6, 6.07) is 8.73. The lowest BCUT2D eigenvalue weighted by molar-refractivity contribution is 0.126. The number of halogens is 1. The van der Waals surface area contributed by atoms with Gasteiger partial charge in [0.15, 0.2) is 0 Å². The number of fused-ring (bicyclic) bond motifs is 3. The normalized spacial score (nSPS) is 29.1. The molecule has 2 bridgehead atoms. The molecule has 104 valence electrons. The number of hydrogen-bond acceptors (Lipinski definition) is 4. The minimum Gasteiger partial charge on any atom is -0.393 e. The molecule has 0 amide bonds. The van der Waals surface area contributed by atoms with E-state index >= 15 is 0 Å². The minimum absolute atomic E-state index is 0.174. The van der Waals surface area contributed by atoms with Crippen molar-refractivity contribution in [3.63, 3.8) is 0 Å². The Labute approximate surface area is 122 Å².